The van der Waals surface area contributed by atoms with Crippen LogP contribution in [0, 0.1) is 0 Å². The van der Waals surface area contributed by atoms with E-state index < -0.39 is 17.5 Å². The van der Waals surface area contributed by atoms with Crippen LogP contribution in [0.4, 0.5) is 4.79 Å². The second-order valence-electron chi connectivity index (χ2n) is 8.49. The van der Waals surface area contributed by atoms with Crippen LogP contribution in [0.25, 0.3) is 6.08 Å². The number of hydrogen-bond donors (Lipinski definition) is 2. The summed E-state index contributed by atoms with van der Waals surface area (Å²) in [7, 11) is 1.56. The molecule has 9 nitrogen and oxygen atoms in total. The molecule has 2 N–H and O–H groups in total. The van der Waals surface area contributed by atoms with Gasteiger partial charge in [0.25, 0.3) is 11.8 Å². The highest BCUT2D eigenvalue weighted by atomic mass is 16.5. The van der Waals surface area contributed by atoms with Gasteiger partial charge in [0.15, 0.2) is 5.54 Å². The quantitative estimate of drug-likeness (QED) is 0.687. The van der Waals surface area contributed by atoms with Gasteiger partial charge in [0.05, 0.1) is 13.7 Å². The molecule has 1 aromatic heterocycles. The summed E-state index contributed by atoms with van der Waals surface area (Å²) in [6, 6.07) is 1.14. The van der Waals surface area contributed by atoms with Crippen LogP contribution in [0.5, 0.6) is 0 Å². The monoisotopic (exact) mass is 448 g/mol. The Kier molecular flexibility index (Phi) is 5.03. The van der Waals surface area contributed by atoms with Gasteiger partial charge in [0.2, 0.25) is 0 Å². The molecule has 1 fully saturated rings. The predicted octanol–water partition coefficient (Wildman–Crippen LogP) is 2.32. The van der Waals surface area contributed by atoms with Crippen molar-refractivity contribution in [1.29, 1.82) is 0 Å². The summed E-state index contributed by atoms with van der Waals surface area (Å²) in [5.74, 6) is 0.715. The van der Waals surface area contributed by atoms with Gasteiger partial charge in [-0.25, -0.2) is 4.79 Å². The fourth-order valence-corrected chi connectivity index (χ4v) is 4.58. The lowest BCUT2D eigenvalue weighted by molar-refractivity contribution is -0.130. The minimum absolute atomic E-state index is 0.0524. The second-order valence-corrected chi connectivity index (χ2v) is 8.49. The number of hydrogen-bond acceptors (Lipinski definition) is 6. The second kappa shape index (κ2) is 7.91. The van der Waals surface area contributed by atoms with Gasteiger partial charge in [-0.05, 0) is 43.6 Å². The van der Waals surface area contributed by atoms with Gasteiger partial charge in [-0.2, -0.15) is 0 Å². The Morgan fingerprint density at radius 1 is 1.27 bits per heavy atom. The first-order valence-electron chi connectivity index (χ1n) is 10.8. The van der Waals surface area contributed by atoms with Crippen molar-refractivity contribution in [2.24, 2.45) is 4.99 Å². The SMILES string of the molecule is COC1=C/C2=C(CC/C=C\1)CN(C[C@@]1(c3cc4c(o3)C=C(C)N=CC4)NC(=O)NC1=O)C2=O. The van der Waals surface area contributed by atoms with Crippen LogP contribution in [0.3, 0.4) is 0 Å². The zero-order valence-electron chi connectivity index (χ0n) is 18.4. The third-order valence-electron chi connectivity index (χ3n) is 6.28. The number of methoxy groups -OCH3 is 1. The van der Waals surface area contributed by atoms with E-state index in [-0.39, 0.29) is 18.2 Å². The van der Waals surface area contributed by atoms with Gasteiger partial charge < -0.3 is 19.4 Å². The van der Waals surface area contributed by atoms with Crippen molar-refractivity contribution in [3.05, 3.63) is 64.0 Å². The molecular formula is C24H24N4O5. The van der Waals surface area contributed by atoms with Crippen LogP contribution in [-0.2, 0) is 26.3 Å². The molecule has 1 aliphatic carbocycles. The summed E-state index contributed by atoms with van der Waals surface area (Å²) in [5, 5.41) is 5.04. The van der Waals surface area contributed by atoms with Crippen molar-refractivity contribution < 1.29 is 23.5 Å². The van der Waals surface area contributed by atoms with Crippen LogP contribution in [0.15, 0.2) is 56.3 Å². The summed E-state index contributed by atoms with van der Waals surface area (Å²) in [4.78, 5) is 44.5. The Morgan fingerprint density at radius 2 is 2.12 bits per heavy atom. The molecule has 33 heavy (non-hydrogen) atoms. The highest BCUT2D eigenvalue weighted by molar-refractivity contribution is 6.08. The average Bonchev–Trinajstić information content (AvgIpc) is 3.33. The molecule has 0 unspecified atom stereocenters. The number of amides is 4. The number of rotatable bonds is 4. The molecular weight excluding hydrogens is 424 g/mol. The standard InChI is InChI=1S/C24H24N4O5/c1-14-9-19-15(7-8-25-14)10-20(33-19)24(22(30)26-23(31)27-24)13-28-12-16-5-3-4-6-17(32-2)11-18(16)21(28)29/h4,6,8-11H,3,5,7,12-13H2,1-2H3,(H2,26,27,30,31)/b6-4-,17-11+/t24-/m0/s1. The number of fused-ring (bicyclic) bond motifs is 1. The number of aliphatic imine (C=N–C) groups is 1. The highest BCUT2D eigenvalue weighted by Gasteiger charge is 2.53. The molecule has 4 aliphatic rings. The Morgan fingerprint density at radius 3 is 2.88 bits per heavy atom. The molecule has 5 rings (SSSR count). The first-order chi connectivity index (χ1) is 15.9. The zero-order valence-corrected chi connectivity index (χ0v) is 18.4. The third-order valence-corrected chi connectivity index (χ3v) is 6.28. The molecule has 170 valence electrons. The van der Waals surface area contributed by atoms with E-state index in [0.717, 1.165) is 29.7 Å². The molecule has 0 bridgehead atoms. The average molecular weight is 448 g/mol. The Bertz CT molecular complexity index is 1220. The van der Waals surface area contributed by atoms with Gasteiger partial charge in [0, 0.05) is 42.1 Å². The summed E-state index contributed by atoms with van der Waals surface area (Å²) >= 11 is 0. The van der Waals surface area contributed by atoms with Crippen LogP contribution in [-0.4, -0.2) is 49.2 Å². The fourth-order valence-electron chi connectivity index (χ4n) is 4.58. The minimum Gasteiger partial charge on any atom is -0.497 e. The number of furan rings is 1. The number of nitrogens with one attached hydrogen (secondary N) is 2. The van der Waals surface area contributed by atoms with Gasteiger partial charge in [-0.1, -0.05) is 6.08 Å². The Balaban J connectivity index is 1.50. The number of allylic oxidation sites excluding steroid dienone is 3. The van der Waals surface area contributed by atoms with Crippen molar-refractivity contribution in [1.82, 2.24) is 15.5 Å². The molecule has 9 heteroatoms. The maximum absolute atomic E-state index is 13.3. The lowest BCUT2D eigenvalue weighted by Crippen LogP contribution is -2.53. The number of ether oxygens (including phenoxy) is 1. The molecule has 0 aromatic carbocycles. The maximum atomic E-state index is 13.3. The van der Waals surface area contributed by atoms with Crippen LogP contribution in [0.1, 0.15) is 36.8 Å². The summed E-state index contributed by atoms with van der Waals surface area (Å²) < 4.78 is 11.4. The number of urea groups is 1. The van der Waals surface area contributed by atoms with Gasteiger partial charge in [0.1, 0.15) is 17.3 Å². The van der Waals surface area contributed by atoms with Crippen molar-refractivity contribution in [3.63, 3.8) is 0 Å². The van der Waals surface area contributed by atoms with Crippen LogP contribution >= 0.6 is 0 Å². The lowest BCUT2D eigenvalue weighted by Gasteiger charge is -2.29. The zero-order chi connectivity index (χ0) is 23.2. The topological polar surface area (TPSA) is 113 Å². The van der Waals surface area contributed by atoms with Crippen molar-refractivity contribution >= 4 is 30.1 Å². The summed E-state index contributed by atoms with van der Waals surface area (Å²) in [6.07, 6.45) is 11.2. The summed E-state index contributed by atoms with van der Waals surface area (Å²) in [5.41, 5.74) is 1.65. The third kappa shape index (κ3) is 3.59. The van der Waals surface area contributed by atoms with E-state index in [1.54, 1.807) is 36.4 Å². The van der Waals surface area contributed by atoms with E-state index in [1.165, 1.54) is 0 Å². The Hall–Kier alpha value is -3.88. The molecule has 4 heterocycles. The number of carbonyl (C=O) groups excluding carboxylic acids is 3. The lowest BCUT2D eigenvalue weighted by atomic mass is 9.94. The van der Waals surface area contributed by atoms with E-state index in [1.807, 2.05) is 19.1 Å². The molecule has 3 aliphatic heterocycles. The Labute approximate surface area is 190 Å². The van der Waals surface area contributed by atoms with Crippen molar-refractivity contribution in [3.8, 4) is 0 Å². The number of imide groups is 1. The van der Waals surface area contributed by atoms with E-state index in [4.69, 9.17) is 9.15 Å². The smallest absolute Gasteiger partial charge is 0.322 e. The van der Waals surface area contributed by atoms with Gasteiger partial charge >= 0.3 is 6.03 Å². The minimum atomic E-state index is -1.52. The molecule has 1 atom stereocenters. The first-order valence-corrected chi connectivity index (χ1v) is 10.8. The van der Waals surface area contributed by atoms with Crippen LogP contribution < -0.4 is 10.6 Å². The predicted molar refractivity (Wildman–Crippen MR) is 120 cm³/mol. The van der Waals surface area contributed by atoms with E-state index in [2.05, 4.69) is 15.6 Å². The highest BCUT2D eigenvalue weighted by Crippen LogP contribution is 2.35. The number of nitrogens with zero attached hydrogens (tertiary/aromatic N) is 2. The largest absolute Gasteiger partial charge is 0.497 e. The first kappa shape index (κ1) is 21.0. The molecule has 1 aromatic rings. The van der Waals surface area contributed by atoms with E-state index in [0.29, 0.717) is 30.1 Å². The van der Waals surface area contributed by atoms with E-state index in [9.17, 15) is 14.4 Å². The molecule has 4 amide bonds. The normalized spacial score (nSPS) is 27.0. The van der Waals surface area contributed by atoms with Crippen molar-refractivity contribution in [2.75, 3.05) is 20.2 Å². The number of carbonyl (C=O) groups is 3. The van der Waals surface area contributed by atoms with Crippen LogP contribution in [0.2, 0.25) is 0 Å². The van der Waals surface area contributed by atoms with Gasteiger partial charge in [-0.3, -0.25) is 19.9 Å². The fraction of sp³-hybridized carbons (Fsp3) is 0.333. The molecule has 0 spiro atoms. The van der Waals surface area contributed by atoms with E-state index >= 15 is 0 Å². The maximum Gasteiger partial charge on any atom is 0.322 e. The molecule has 1 saturated heterocycles. The van der Waals surface area contributed by atoms with Gasteiger partial charge in [-0.15, -0.1) is 0 Å². The molecule has 0 saturated carbocycles. The molecule has 0 radical (unpaired) electrons. The van der Waals surface area contributed by atoms with Crippen molar-refractivity contribution in [2.45, 2.75) is 31.7 Å². The summed E-state index contributed by atoms with van der Waals surface area (Å²) in [6.45, 7) is 2.17.